The van der Waals surface area contributed by atoms with E-state index in [1.165, 1.54) is 19.2 Å². The number of hydrogen-bond acceptors (Lipinski definition) is 2. The van der Waals surface area contributed by atoms with Gasteiger partial charge < -0.3 is 10.6 Å². The molecule has 0 aromatic heterocycles. The highest BCUT2D eigenvalue weighted by Crippen LogP contribution is 2.20. The van der Waals surface area contributed by atoms with Crippen LogP contribution in [0.2, 0.25) is 0 Å². The van der Waals surface area contributed by atoms with Crippen molar-refractivity contribution in [2.75, 3.05) is 13.6 Å². The number of halogens is 2. The van der Waals surface area contributed by atoms with Crippen LogP contribution in [0.25, 0.3) is 0 Å². The highest BCUT2D eigenvalue weighted by molar-refractivity contribution is 9.10. The SMILES string of the molecule is CNC(=O)C(C)(C)CNC(=O)c1c(F)cccc1Br. The van der Waals surface area contributed by atoms with E-state index < -0.39 is 17.1 Å². The molecule has 0 saturated heterocycles. The monoisotopic (exact) mass is 330 g/mol. The highest BCUT2D eigenvalue weighted by atomic mass is 79.9. The molecule has 0 atom stereocenters. The van der Waals surface area contributed by atoms with Crippen molar-refractivity contribution in [3.8, 4) is 0 Å². The zero-order valence-corrected chi connectivity index (χ0v) is 12.6. The van der Waals surface area contributed by atoms with Gasteiger partial charge in [-0.05, 0) is 41.9 Å². The predicted octanol–water partition coefficient (Wildman–Crippen LogP) is 2.09. The average Bonchev–Trinajstić information content (AvgIpc) is 2.35. The van der Waals surface area contributed by atoms with Gasteiger partial charge in [0.25, 0.3) is 5.91 Å². The standard InChI is InChI=1S/C13H16BrFN2O2/c1-13(2,12(19)16-3)7-17-11(18)10-8(14)5-4-6-9(10)15/h4-6H,7H2,1-3H3,(H,16,19)(H,17,18). The molecular formula is C13H16BrFN2O2. The number of carbonyl (C=O) groups is 2. The molecule has 0 fully saturated rings. The fraction of sp³-hybridized carbons (Fsp3) is 0.385. The third-order valence-corrected chi connectivity index (χ3v) is 3.38. The first kappa shape index (κ1) is 15.6. The zero-order valence-electron chi connectivity index (χ0n) is 11.0. The van der Waals surface area contributed by atoms with Gasteiger partial charge in [0, 0.05) is 18.1 Å². The van der Waals surface area contributed by atoms with E-state index in [9.17, 15) is 14.0 Å². The van der Waals surface area contributed by atoms with Crippen molar-refractivity contribution >= 4 is 27.7 Å². The molecule has 0 unspecified atom stereocenters. The molecule has 6 heteroatoms. The quantitative estimate of drug-likeness (QED) is 0.888. The summed E-state index contributed by atoms with van der Waals surface area (Å²) in [5.74, 6) is -1.35. The lowest BCUT2D eigenvalue weighted by Gasteiger charge is -2.23. The lowest BCUT2D eigenvalue weighted by atomic mass is 9.92. The molecule has 2 amide bonds. The molecule has 1 rings (SSSR count). The molecule has 1 aromatic rings. The van der Waals surface area contributed by atoms with Gasteiger partial charge in [-0.2, -0.15) is 0 Å². The molecule has 0 heterocycles. The maximum atomic E-state index is 13.6. The molecule has 104 valence electrons. The zero-order chi connectivity index (χ0) is 14.6. The van der Waals surface area contributed by atoms with Crippen molar-refractivity contribution in [1.29, 1.82) is 0 Å². The van der Waals surface area contributed by atoms with E-state index in [4.69, 9.17) is 0 Å². The molecule has 0 bridgehead atoms. The molecule has 1 aromatic carbocycles. The van der Waals surface area contributed by atoms with Crippen LogP contribution < -0.4 is 10.6 Å². The largest absolute Gasteiger partial charge is 0.359 e. The minimum atomic E-state index is -0.762. The van der Waals surface area contributed by atoms with Crippen LogP contribution in [0.3, 0.4) is 0 Å². The minimum Gasteiger partial charge on any atom is -0.359 e. The van der Waals surface area contributed by atoms with Crippen LogP contribution in [0.1, 0.15) is 24.2 Å². The van der Waals surface area contributed by atoms with Crippen LogP contribution in [0.4, 0.5) is 4.39 Å². The molecule has 0 aliphatic carbocycles. The van der Waals surface area contributed by atoms with Gasteiger partial charge >= 0.3 is 0 Å². The Bertz CT molecular complexity index is 483. The number of nitrogens with one attached hydrogen (secondary N) is 2. The first-order valence-electron chi connectivity index (χ1n) is 5.74. The Morgan fingerprint density at radius 2 is 2.00 bits per heavy atom. The lowest BCUT2D eigenvalue weighted by Crippen LogP contribution is -2.43. The summed E-state index contributed by atoms with van der Waals surface area (Å²) in [4.78, 5) is 23.5. The minimum absolute atomic E-state index is 0.0600. The molecule has 0 aliphatic rings. The van der Waals surface area contributed by atoms with Crippen LogP contribution in [0.5, 0.6) is 0 Å². The first-order chi connectivity index (χ1) is 8.79. The maximum Gasteiger partial charge on any atom is 0.255 e. The Hall–Kier alpha value is -1.43. The number of carbonyl (C=O) groups excluding carboxylic acids is 2. The second-order valence-electron chi connectivity index (χ2n) is 4.74. The van der Waals surface area contributed by atoms with Crippen LogP contribution in [-0.2, 0) is 4.79 Å². The van der Waals surface area contributed by atoms with Crippen molar-refractivity contribution in [3.05, 3.63) is 34.1 Å². The molecule has 0 radical (unpaired) electrons. The number of benzene rings is 1. The molecule has 19 heavy (non-hydrogen) atoms. The lowest BCUT2D eigenvalue weighted by molar-refractivity contribution is -0.128. The second kappa shape index (κ2) is 6.14. The van der Waals surface area contributed by atoms with E-state index >= 15 is 0 Å². The van der Waals surface area contributed by atoms with Gasteiger partial charge in [-0.1, -0.05) is 6.07 Å². The summed E-state index contributed by atoms with van der Waals surface area (Å²) < 4.78 is 14.0. The van der Waals surface area contributed by atoms with E-state index in [0.29, 0.717) is 4.47 Å². The van der Waals surface area contributed by atoms with Gasteiger partial charge in [-0.15, -0.1) is 0 Å². The fourth-order valence-electron chi connectivity index (χ4n) is 1.52. The van der Waals surface area contributed by atoms with Crippen LogP contribution in [0.15, 0.2) is 22.7 Å². The van der Waals surface area contributed by atoms with Gasteiger partial charge in [0.15, 0.2) is 0 Å². The summed E-state index contributed by atoms with van der Waals surface area (Å²) in [6, 6.07) is 4.30. The molecule has 0 saturated carbocycles. The summed E-state index contributed by atoms with van der Waals surface area (Å²) >= 11 is 3.13. The maximum absolute atomic E-state index is 13.6. The third kappa shape index (κ3) is 3.76. The Morgan fingerprint density at radius 1 is 1.37 bits per heavy atom. The summed E-state index contributed by atoms with van der Waals surface area (Å²) in [5, 5.41) is 5.08. The van der Waals surface area contributed by atoms with Crippen molar-refractivity contribution < 1.29 is 14.0 Å². The van der Waals surface area contributed by atoms with Gasteiger partial charge in [0.1, 0.15) is 5.82 Å². The fourth-order valence-corrected chi connectivity index (χ4v) is 2.05. The van der Waals surface area contributed by atoms with Crippen LogP contribution >= 0.6 is 15.9 Å². The highest BCUT2D eigenvalue weighted by Gasteiger charge is 2.28. The van der Waals surface area contributed by atoms with E-state index in [0.717, 1.165) is 0 Å². The van der Waals surface area contributed by atoms with Crippen molar-refractivity contribution in [3.63, 3.8) is 0 Å². The van der Waals surface area contributed by atoms with Crippen LogP contribution in [0, 0.1) is 11.2 Å². The van der Waals surface area contributed by atoms with Crippen molar-refractivity contribution in [1.82, 2.24) is 10.6 Å². The van der Waals surface area contributed by atoms with Gasteiger partial charge in [0.2, 0.25) is 5.91 Å². The normalized spacial score (nSPS) is 11.0. The van der Waals surface area contributed by atoms with E-state index in [1.807, 2.05) is 0 Å². The Morgan fingerprint density at radius 3 is 2.53 bits per heavy atom. The molecule has 4 nitrogen and oxygen atoms in total. The molecule has 0 spiro atoms. The Labute approximate surface area is 119 Å². The Balaban J connectivity index is 2.79. The summed E-state index contributed by atoms with van der Waals surface area (Å²) in [6.07, 6.45) is 0. The summed E-state index contributed by atoms with van der Waals surface area (Å²) in [7, 11) is 1.53. The second-order valence-corrected chi connectivity index (χ2v) is 5.60. The number of hydrogen-bond donors (Lipinski definition) is 2. The smallest absolute Gasteiger partial charge is 0.255 e. The van der Waals surface area contributed by atoms with Crippen LogP contribution in [-0.4, -0.2) is 25.4 Å². The average molecular weight is 331 g/mol. The third-order valence-electron chi connectivity index (χ3n) is 2.72. The van der Waals surface area contributed by atoms with E-state index in [2.05, 4.69) is 26.6 Å². The Kier molecular flexibility index (Phi) is 5.05. The molecule has 2 N–H and O–H groups in total. The van der Waals surface area contributed by atoms with Gasteiger partial charge in [-0.3, -0.25) is 9.59 Å². The topological polar surface area (TPSA) is 58.2 Å². The predicted molar refractivity (Wildman–Crippen MR) is 74.3 cm³/mol. The van der Waals surface area contributed by atoms with Gasteiger partial charge in [-0.25, -0.2) is 4.39 Å². The van der Waals surface area contributed by atoms with Crippen molar-refractivity contribution in [2.45, 2.75) is 13.8 Å². The van der Waals surface area contributed by atoms with E-state index in [1.54, 1.807) is 19.9 Å². The summed E-state index contributed by atoms with van der Waals surface area (Å²) in [5.41, 5.74) is -0.822. The van der Waals surface area contributed by atoms with Crippen molar-refractivity contribution in [2.24, 2.45) is 5.41 Å². The first-order valence-corrected chi connectivity index (χ1v) is 6.53. The molecular weight excluding hydrogens is 315 g/mol. The number of rotatable bonds is 4. The summed E-state index contributed by atoms with van der Waals surface area (Å²) in [6.45, 7) is 3.51. The molecule has 0 aliphatic heterocycles. The van der Waals surface area contributed by atoms with Gasteiger partial charge in [0.05, 0.1) is 11.0 Å². The number of amides is 2. The van der Waals surface area contributed by atoms with E-state index in [-0.39, 0.29) is 18.0 Å².